The molecule has 3 heterocycles. The molecule has 31 heavy (non-hydrogen) atoms. The lowest BCUT2D eigenvalue weighted by atomic mass is 9.95. The second-order valence-electron chi connectivity index (χ2n) is 7.56. The van der Waals surface area contributed by atoms with Crippen molar-refractivity contribution in [1.29, 1.82) is 0 Å². The fraction of sp³-hybridized carbons (Fsp3) is 0.250. The summed E-state index contributed by atoms with van der Waals surface area (Å²) < 4.78 is 11.1. The van der Waals surface area contributed by atoms with Crippen LogP contribution in [0.25, 0.3) is 20.7 Å². The van der Waals surface area contributed by atoms with E-state index in [2.05, 4.69) is 33.9 Å². The molecule has 2 aromatic heterocycles. The maximum atomic E-state index is 11.0. The number of β-amino-alcohol motifs (C(OH)–C–C–N with tert-alkyl or cyclic N) is 1. The molecule has 0 fully saturated rings. The first kappa shape index (κ1) is 19.8. The SMILES string of the molecule is COc1ccc(OC)c2c1CN(c1ncnc3sc(-c4ccccc4)c(C)c13)C[C@@H]2O. The van der Waals surface area contributed by atoms with Gasteiger partial charge in [-0.3, -0.25) is 0 Å². The molecule has 0 radical (unpaired) electrons. The van der Waals surface area contributed by atoms with E-state index in [9.17, 15) is 5.11 Å². The average Bonchev–Trinajstić information content (AvgIpc) is 3.15. The molecule has 6 nitrogen and oxygen atoms in total. The second kappa shape index (κ2) is 7.83. The third-order valence-electron chi connectivity index (χ3n) is 5.83. The molecule has 0 saturated heterocycles. The number of aryl methyl sites for hydroxylation is 1. The lowest BCUT2D eigenvalue weighted by molar-refractivity contribution is 0.169. The number of aliphatic hydroxyl groups excluding tert-OH is 1. The fourth-order valence-corrected chi connectivity index (χ4v) is 5.54. The molecule has 0 spiro atoms. The molecule has 0 aliphatic carbocycles. The largest absolute Gasteiger partial charge is 0.496 e. The molecule has 1 atom stereocenters. The number of rotatable bonds is 4. The van der Waals surface area contributed by atoms with E-state index >= 15 is 0 Å². The Bertz CT molecular complexity index is 1260. The summed E-state index contributed by atoms with van der Waals surface area (Å²) in [4.78, 5) is 13.4. The first-order chi connectivity index (χ1) is 15.1. The molecule has 2 aromatic carbocycles. The van der Waals surface area contributed by atoms with Crippen LogP contribution in [0.4, 0.5) is 5.82 Å². The van der Waals surface area contributed by atoms with Crippen LogP contribution >= 0.6 is 11.3 Å². The third kappa shape index (κ3) is 3.21. The van der Waals surface area contributed by atoms with Gasteiger partial charge in [0, 0.05) is 22.5 Å². The topological polar surface area (TPSA) is 67.7 Å². The van der Waals surface area contributed by atoms with Gasteiger partial charge in [0.2, 0.25) is 0 Å². The number of anilines is 1. The number of aliphatic hydroxyl groups is 1. The molecule has 0 amide bonds. The summed E-state index contributed by atoms with van der Waals surface area (Å²) in [6.45, 7) is 3.10. The summed E-state index contributed by atoms with van der Waals surface area (Å²) in [5.74, 6) is 2.24. The third-order valence-corrected chi connectivity index (χ3v) is 7.08. The van der Waals surface area contributed by atoms with Crippen molar-refractivity contribution in [2.75, 3.05) is 25.7 Å². The van der Waals surface area contributed by atoms with Crippen molar-refractivity contribution in [2.24, 2.45) is 0 Å². The van der Waals surface area contributed by atoms with Gasteiger partial charge in [0.15, 0.2) is 0 Å². The van der Waals surface area contributed by atoms with E-state index in [1.54, 1.807) is 31.9 Å². The maximum Gasteiger partial charge on any atom is 0.141 e. The van der Waals surface area contributed by atoms with E-state index in [0.29, 0.717) is 18.8 Å². The molecular weight excluding hydrogens is 410 g/mol. The Balaban J connectivity index is 1.64. The van der Waals surface area contributed by atoms with Gasteiger partial charge in [-0.25, -0.2) is 9.97 Å². The first-order valence-electron chi connectivity index (χ1n) is 10.1. The molecular formula is C24H23N3O3S. The van der Waals surface area contributed by atoms with Gasteiger partial charge in [-0.2, -0.15) is 0 Å². The van der Waals surface area contributed by atoms with Crippen LogP contribution < -0.4 is 14.4 Å². The van der Waals surface area contributed by atoms with Gasteiger partial charge < -0.3 is 19.5 Å². The highest BCUT2D eigenvalue weighted by atomic mass is 32.1. The van der Waals surface area contributed by atoms with Crippen LogP contribution in [-0.2, 0) is 6.54 Å². The van der Waals surface area contributed by atoms with Crippen molar-refractivity contribution in [2.45, 2.75) is 19.6 Å². The lowest BCUT2D eigenvalue weighted by Crippen LogP contribution is -2.35. The standard InChI is InChI=1S/C24H23N3O3S/c1-14-20-23(25-13-26-24(20)31-22(14)15-7-5-4-6-8-15)27-11-16-18(29-2)9-10-19(30-3)21(16)17(28)12-27/h4-10,13,17,28H,11-12H2,1-3H3/t17-/m0/s1. The minimum atomic E-state index is -0.716. The normalized spacial score (nSPS) is 15.7. The van der Waals surface area contributed by atoms with Gasteiger partial charge in [-0.1, -0.05) is 30.3 Å². The van der Waals surface area contributed by atoms with Gasteiger partial charge in [0.05, 0.1) is 26.2 Å². The molecule has 0 saturated carbocycles. The number of methoxy groups -OCH3 is 2. The number of hydrogen-bond acceptors (Lipinski definition) is 7. The van der Waals surface area contributed by atoms with Crippen molar-refractivity contribution in [1.82, 2.24) is 9.97 Å². The lowest BCUT2D eigenvalue weighted by Gasteiger charge is -2.35. The predicted molar refractivity (Wildman–Crippen MR) is 123 cm³/mol. The van der Waals surface area contributed by atoms with Gasteiger partial charge in [0.25, 0.3) is 0 Å². The zero-order chi connectivity index (χ0) is 21.5. The molecule has 5 rings (SSSR count). The predicted octanol–water partition coefficient (Wildman–Crippen LogP) is 4.74. The highest BCUT2D eigenvalue weighted by Crippen LogP contribution is 2.44. The summed E-state index contributed by atoms with van der Waals surface area (Å²) >= 11 is 1.67. The Kier molecular flexibility index (Phi) is 5.00. The minimum absolute atomic E-state index is 0.415. The van der Waals surface area contributed by atoms with Crippen LogP contribution in [0.2, 0.25) is 0 Å². The minimum Gasteiger partial charge on any atom is -0.496 e. The zero-order valence-corrected chi connectivity index (χ0v) is 18.4. The Hall–Kier alpha value is -3.16. The number of ether oxygens (including phenoxy) is 2. The summed E-state index contributed by atoms with van der Waals surface area (Å²) in [5.41, 5.74) is 4.03. The zero-order valence-electron chi connectivity index (χ0n) is 17.6. The van der Waals surface area contributed by atoms with Crippen LogP contribution in [0.1, 0.15) is 22.8 Å². The summed E-state index contributed by atoms with van der Waals surface area (Å²) in [5, 5.41) is 12.1. The quantitative estimate of drug-likeness (QED) is 0.502. The van der Waals surface area contributed by atoms with E-state index in [-0.39, 0.29) is 0 Å². The first-order valence-corrected chi connectivity index (χ1v) is 10.9. The van der Waals surface area contributed by atoms with Gasteiger partial charge >= 0.3 is 0 Å². The second-order valence-corrected chi connectivity index (χ2v) is 8.56. The molecule has 7 heteroatoms. The van der Waals surface area contributed by atoms with Crippen LogP contribution in [-0.4, -0.2) is 35.8 Å². The highest BCUT2D eigenvalue weighted by molar-refractivity contribution is 7.22. The van der Waals surface area contributed by atoms with Crippen molar-refractivity contribution in [3.8, 4) is 21.9 Å². The molecule has 1 aliphatic rings. The van der Waals surface area contributed by atoms with Gasteiger partial charge in [-0.15, -0.1) is 11.3 Å². The Morgan fingerprint density at radius 2 is 1.77 bits per heavy atom. The molecule has 0 bridgehead atoms. The number of aromatic nitrogens is 2. The van der Waals surface area contributed by atoms with E-state index in [4.69, 9.17) is 9.47 Å². The van der Waals surface area contributed by atoms with Crippen LogP contribution in [0.15, 0.2) is 48.8 Å². The Morgan fingerprint density at radius 3 is 2.52 bits per heavy atom. The van der Waals surface area contributed by atoms with Gasteiger partial charge in [-0.05, 0) is 30.2 Å². The van der Waals surface area contributed by atoms with E-state index in [1.807, 2.05) is 30.3 Å². The smallest absolute Gasteiger partial charge is 0.141 e. The van der Waals surface area contributed by atoms with Crippen molar-refractivity contribution in [3.63, 3.8) is 0 Å². The van der Waals surface area contributed by atoms with Crippen LogP contribution in [0.3, 0.4) is 0 Å². The maximum absolute atomic E-state index is 11.0. The highest BCUT2D eigenvalue weighted by Gasteiger charge is 2.31. The summed E-state index contributed by atoms with van der Waals surface area (Å²) in [6, 6.07) is 14.1. The number of nitrogens with zero attached hydrogens (tertiary/aromatic N) is 3. The van der Waals surface area contributed by atoms with Crippen molar-refractivity contribution >= 4 is 27.4 Å². The Morgan fingerprint density at radius 1 is 1.03 bits per heavy atom. The van der Waals surface area contributed by atoms with Crippen molar-refractivity contribution in [3.05, 3.63) is 65.5 Å². The van der Waals surface area contributed by atoms with Crippen LogP contribution in [0, 0.1) is 6.92 Å². The summed E-state index contributed by atoms with van der Waals surface area (Å²) in [7, 11) is 3.26. The van der Waals surface area contributed by atoms with E-state index < -0.39 is 6.10 Å². The number of fused-ring (bicyclic) bond motifs is 2. The van der Waals surface area contributed by atoms with Gasteiger partial charge in [0.1, 0.15) is 34.6 Å². The monoisotopic (exact) mass is 433 g/mol. The molecule has 1 N–H and O–H groups in total. The average molecular weight is 434 g/mol. The molecule has 1 aliphatic heterocycles. The van der Waals surface area contributed by atoms with E-state index in [1.165, 1.54) is 10.4 Å². The molecule has 158 valence electrons. The molecule has 0 unspecified atom stereocenters. The Labute approximate surface area is 184 Å². The number of benzene rings is 2. The summed E-state index contributed by atoms with van der Waals surface area (Å²) in [6.07, 6.45) is 0.888. The molecule has 4 aromatic rings. The van der Waals surface area contributed by atoms with Crippen molar-refractivity contribution < 1.29 is 14.6 Å². The van der Waals surface area contributed by atoms with Crippen LogP contribution in [0.5, 0.6) is 11.5 Å². The number of hydrogen-bond donors (Lipinski definition) is 1. The fourth-order valence-electron chi connectivity index (χ4n) is 4.40. The number of thiophene rings is 1. The van der Waals surface area contributed by atoms with E-state index in [0.717, 1.165) is 38.5 Å².